The average molecular weight is 361 g/mol. The predicted octanol–water partition coefficient (Wildman–Crippen LogP) is 1.49. The second-order valence-electron chi connectivity index (χ2n) is 5.81. The Hall–Kier alpha value is -2.03. The van der Waals surface area contributed by atoms with Gasteiger partial charge in [0, 0.05) is 25.8 Å². The number of hydrogen-bond acceptors (Lipinski definition) is 7. The number of nitrogens with one attached hydrogen (secondary N) is 1. The zero-order valence-corrected chi connectivity index (χ0v) is 15.1. The molecule has 0 bridgehead atoms. The molecule has 0 spiro atoms. The normalized spacial score (nSPS) is 16.5. The van der Waals surface area contributed by atoms with Gasteiger partial charge in [-0.05, 0) is 18.6 Å². The molecule has 1 aliphatic heterocycles. The molecule has 1 fully saturated rings. The lowest BCUT2D eigenvalue weighted by Crippen LogP contribution is -2.44. The van der Waals surface area contributed by atoms with Crippen LogP contribution in [0.1, 0.15) is 34.0 Å². The highest BCUT2D eigenvalue weighted by atomic mass is 32.1. The van der Waals surface area contributed by atoms with E-state index in [4.69, 9.17) is 10.5 Å². The number of amides is 1. The van der Waals surface area contributed by atoms with E-state index in [1.54, 1.807) is 6.20 Å². The quantitative estimate of drug-likeness (QED) is 0.810. The zero-order valence-electron chi connectivity index (χ0n) is 14.3. The zero-order chi connectivity index (χ0) is 17.6. The highest BCUT2D eigenvalue weighted by Gasteiger charge is 2.25. The number of rotatable bonds is 6. The van der Waals surface area contributed by atoms with E-state index >= 15 is 0 Å². The summed E-state index contributed by atoms with van der Waals surface area (Å²) in [4.78, 5) is 24.2. The van der Waals surface area contributed by atoms with Gasteiger partial charge in [0.25, 0.3) is 5.91 Å². The third-order valence-corrected chi connectivity index (χ3v) is 5.15. The fourth-order valence-corrected chi connectivity index (χ4v) is 3.78. The number of carbonyl (C=O) groups is 1. The van der Waals surface area contributed by atoms with Crippen molar-refractivity contribution in [3.63, 3.8) is 0 Å². The highest BCUT2D eigenvalue weighted by molar-refractivity contribution is 7.17. The Morgan fingerprint density at radius 3 is 2.92 bits per heavy atom. The minimum Gasteiger partial charge on any atom is -0.379 e. The van der Waals surface area contributed by atoms with Crippen LogP contribution in [0.4, 0.5) is 5.13 Å². The average Bonchev–Trinajstić information content (AvgIpc) is 3.04. The standard InChI is InChI=1S/C17H23N5O2S/c1-2-12-15(25-17(18)21-12)16(23)20-11-14(13-5-3-4-6-19-13)22-7-9-24-10-8-22/h3-6,14H,2,7-11H2,1H3,(H2,18,21)(H,20,23). The second-order valence-corrected chi connectivity index (χ2v) is 6.84. The van der Waals surface area contributed by atoms with Crippen molar-refractivity contribution in [2.45, 2.75) is 19.4 Å². The lowest BCUT2D eigenvalue weighted by molar-refractivity contribution is 0.0154. The minimum atomic E-state index is -0.125. The van der Waals surface area contributed by atoms with Crippen molar-refractivity contribution in [3.05, 3.63) is 40.7 Å². The summed E-state index contributed by atoms with van der Waals surface area (Å²) >= 11 is 1.24. The third-order valence-electron chi connectivity index (χ3n) is 4.23. The summed E-state index contributed by atoms with van der Waals surface area (Å²) in [5.74, 6) is -0.125. The van der Waals surface area contributed by atoms with Gasteiger partial charge in [-0.25, -0.2) is 4.98 Å². The fraction of sp³-hybridized carbons (Fsp3) is 0.471. The van der Waals surface area contributed by atoms with Crippen molar-refractivity contribution in [3.8, 4) is 0 Å². The van der Waals surface area contributed by atoms with Crippen molar-refractivity contribution >= 4 is 22.4 Å². The van der Waals surface area contributed by atoms with Crippen LogP contribution in [0, 0.1) is 0 Å². The number of hydrogen-bond donors (Lipinski definition) is 2. The molecule has 2 aromatic rings. The van der Waals surface area contributed by atoms with Crippen molar-refractivity contribution in [1.29, 1.82) is 0 Å². The molecule has 1 unspecified atom stereocenters. The third kappa shape index (κ3) is 4.33. The van der Waals surface area contributed by atoms with Gasteiger partial charge in [0.1, 0.15) is 4.88 Å². The SMILES string of the molecule is CCc1nc(N)sc1C(=O)NCC(c1ccccn1)N1CCOCC1. The molecule has 0 saturated carbocycles. The minimum absolute atomic E-state index is 0.0180. The first kappa shape index (κ1) is 17.8. The summed E-state index contributed by atoms with van der Waals surface area (Å²) in [6.07, 6.45) is 2.47. The van der Waals surface area contributed by atoms with Gasteiger partial charge in [-0.15, -0.1) is 0 Å². The predicted molar refractivity (Wildman–Crippen MR) is 97.6 cm³/mol. The molecule has 3 N–H and O–H groups in total. The van der Waals surface area contributed by atoms with Crippen LogP contribution in [0.15, 0.2) is 24.4 Å². The van der Waals surface area contributed by atoms with Gasteiger partial charge in [0.2, 0.25) is 0 Å². The number of nitrogens with two attached hydrogens (primary N) is 1. The maximum absolute atomic E-state index is 12.6. The number of thiazole rings is 1. The molecule has 0 aliphatic carbocycles. The summed E-state index contributed by atoms with van der Waals surface area (Å²) in [5.41, 5.74) is 7.45. The van der Waals surface area contributed by atoms with Crippen LogP contribution in [-0.2, 0) is 11.2 Å². The van der Waals surface area contributed by atoms with E-state index in [2.05, 4.69) is 20.2 Å². The molecule has 3 heterocycles. The Labute approximate surface area is 151 Å². The van der Waals surface area contributed by atoms with E-state index in [-0.39, 0.29) is 11.9 Å². The topological polar surface area (TPSA) is 93.4 Å². The molecule has 134 valence electrons. The molecule has 7 nitrogen and oxygen atoms in total. The van der Waals surface area contributed by atoms with Crippen LogP contribution in [0.3, 0.4) is 0 Å². The van der Waals surface area contributed by atoms with E-state index in [1.165, 1.54) is 11.3 Å². The van der Waals surface area contributed by atoms with E-state index in [9.17, 15) is 4.79 Å². The number of pyridine rings is 1. The molecule has 3 rings (SSSR count). The number of ether oxygens (including phenoxy) is 1. The number of carbonyl (C=O) groups excluding carboxylic acids is 1. The van der Waals surface area contributed by atoms with Crippen molar-refractivity contribution < 1.29 is 9.53 Å². The van der Waals surface area contributed by atoms with Gasteiger partial charge in [-0.1, -0.05) is 24.3 Å². The number of nitrogens with zero attached hydrogens (tertiary/aromatic N) is 3. The van der Waals surface area contributed by atoms with Gasteiger partial charge in [-0.2, -0.15) is 0 Å². The summed E-state index contributed by atoms with van der Waals surface area (Å²) < 4.78 is 5.44. The van der Waals surface area contributed by atoms with Crippen LogP contribution >= 0.6 is 11.3 Å². The van der Waals surface area contributed by atoms with Crippen molar-refractivity contribution in [2.24, 2.45) is 0 Å². The second kappa shape index (κ2) is 8.37. The lowest BCUT2D eigenvalue weighted by atomic mass is 10.1. The Morgan fingerprint density at radius 1 is 1.44 bits per heavy atom. The summed E-state index contributed by atoms with van der Waals surface area (Å²) in [6, 6.07) is 5.88. The monoisotopic (exact) mass is 361 g/mol. The summed E-state index contributed by atoms with van der Waals surface area (Å²) in [7, 11) is 0. The summed E-state index contributed by atoms with van der Waals surface area (Å²) in [5, 5.41) is 3.46. The Kier molecular flexibility index (Phi) is 5.95. The van der Waals surface area contributed by atoms with Gasteiger partial charge < -0.3 is 15.8 Å². The van der Waals surface area contributed by atoms with Gasteiger partial charge in [-0.3, -0.25) is 14.7 Å². The lowest BCUT2D eigenvalue weighted by Gasteiger charge is -2.34. The number of anilines is 1. The molecule has 8 heteroatoms. The van der Waals surface area contributed by atoms with Gasteiger partial charge in [0.15, 0.2) is 5.13 Å². The number of morpholine rings is 1. The molecule has 0 aromatic carbocycles. The Balaban J connectivity index is 1.72. The van der Waals surface area contributed by atoms with E-state index < -0.39 is 0 Å². The molecule has 1 atom stereocenters. The first-order valence-electron chi connectivity index (χ1n) is 8.45. The first-order valence-corrected chi connectivity index (χ1v) is 9.26. The fourth-order valence-electron chi connectivity index (χ4n) is 2.94. The first-order chi connectivity index (χ1) is 12.2. The van der Waals surface area contributed by atoms with Crippen LogP contribution in [0.5, 0.6) is 0 Å². The van der Waals surface area contributed by atoms with Crippen molar-refractivity contribution in [2.75, 3.05) is 38.6 Å². The number of aryl methyl sites for hydroxylation is 1. The van der Waals surface area contributed by atoms with Crippen LogP contribution < -0.4 is 11.1 Å². The summed E-state index contributed by atoms with van der Waals surface area (Å²) in [6.45, 7) is 5.49. The molecule has 25 heavy (non-hydrogen) atoms. The van der Waals surface area contributed by atoms with Gasteiger partial charge in [0.05, 0.1) is 30.6 Å². The molecule has 2 aromatic heterocycles. The number of nitrogen functional groups attached to an aromatic ring is 1. The number of aromatic nitrogens is 2. The van der Waals surface area contributed by atoms with Crippen LogP contribution in [0.25, 0.3) is 0 Å². The van der Waals surface area contributed by atoms with E-state index in [0.717, 1.165) is 24.5 Å². The molecule has 0 radical (unpaired) electrons. The maximum Gasteiger partial charge on any atom is 0.263 e. The van der Waals surface area contributed by atoms with Crippen molar-refractivity contribution in [1.82, 2.24) is 20.2 Å². The molecule has 1 saturated heterocycles. The van der Waals surface area contributed by atoms with Crippen LogP contribution in [-0.4, -0.2) is 53.6 Å². The smallest absolute Gasteiger partial charge is 0.263 e. The molecule has 1 aliphatic rings. The Bertz CT molecular complexity index is 700. The molecular formula is C17H23N5O2S. The largest absolute Gasteiger partial charge is 0.379 e. The van der Waals surface area contributed by atoms with E-state index in [1.807, 2.05) is 25.1 Å². The van der Waals surface area contributed by atoms with Crippen LogP contribution in [0.2, 0.25) is 0 Å². The Morgan fingerprint density at radius 2 is 2.24 bits per heavy atom. The maximum atomic E-state index is 12.6. The van der Waals surface area contributed by atoms with Gasteiger partial charge >= 0.3 is 0 Å². The molecule has 1 amide bonds. The molecular weight excluding hydrogens is 338 g/mol. The van der Waals surface area contributed by atoms with E-state index in [0.29, 0.717) is 36.2 Å². The highest BCUT2D eigenvalue weighted by Crippen LogP contribution is 2.22.